The van der Waals surface area contributed by atoms with Crippen LogP contribution < -0.4 is 5.32 Å². The molecule has 0 saturated carbocycles. The summed E-state index contributed by atoms with van der Waals surface area (Å²) in [7, 11) is 4.00. The first-order chi connectivity index (χ1) is 18.5. The maximum atomic E-state index is 14.6. The van der Waals surface area contributed by atoms with Crippen LogP contribution in [0, 0.1) is 12.7 Å². The van der Waals surface area contributed by atoms with Gasteiger partial charge in [0.1, 0.15) is 17.0 Å². The molecule has 5 aromatic heterocycles. The Morgan fingerprint density at radius 1 is 0.974 bits per heavy atom. The highest BCUT2D eigenvalue weighted by atomic mass is 19.1. The van der Waals surface area contributed by atoms with Crippen molar-refractivity contribution in [2.75, 3.05) is 32.5 Å². The molecule has 0 amide bonds. The molecule has 3 N–H and O–H groups in total. The van der Waals surface area contributed by atoms with Crippen molar-refractivity contribution in [2.45, 2.75) is 6.92 Å². The van der Waals surface area contributed by atoms with Crippen LogP contribution in [-0.4, -0.2) is 67.2 Å². The lowest BCUT2D eigenvalue weighted by molar-refractivity contribution is 0.425. The molecule has 0 spiro atoms. The second-order valence-corrected chi connectivity index (χ2v) is 9.48. The third-order valence-electron chi connectivity index (χ3n) is 6.45. The molecule has 0 unspecified atom stereocenters. The zero-order valence-corrected chi connectivity index (χ0v) is 21.2. The van der Waals surface area contributed by atoms with Crippen LogP contribution in [0.15, 0.2) is 61.2 Å². The van der Waals surface area contributed by atoms with Crippen LogP contribution in [0.4, 0.5) is 10.1 Å². The number of nitrogens with one attached hydrogen (secondary N) is 3. The molecule has 10 heteroatoms. The Labute approximate surface area is 218 Å². The molecule has 0 aliphatic rings. The van der Waals surface area contributed by atoms with Crippen molar-refractivity contribution in [1.82, 2.24) is 40.0 Å². The molecule has 0 fully saturated rings. The van der Waals surface area contributed by atoms with Gasteiger partial charge in [0.05, 0.1) is 28.6 Å². The van der Waals surface area contributed by atoms with E-state index in [2.05, 4.69) is 40.3 Å². The number of aryl methyl sites for hydroxylation is 1. The first kappa shape index (κ1) is 23.7. The van der Waals surface area contributed by atoms with E-state index in [1.807, 2.05) is 51.5 Å². The summed E-state index contributed by atoms with van der Waals surface area (Å²) in [6.07, 6.45) is 7.04. The minimum Gasteiger partial charge on any atom is -0.384 e. The predicted molar refractivity (Wildman–Crippen MR) is 147 cm³/mol. The maximum Gasteiger partial charge on any atom is 0.159 e. The molecule has 6 aromatic rings. The monoisotopic (exact) mass is 507 g/mol. The number of aromatic amines is 2. The molecule has 0 saturated heterocycles. The first-order valence-corrected chi connectivity index (χ1v) is 12.3. The number of nitrogens with zero attached hydrogens (tertiary/aromatic N) is 6. The average molecular weight is 508 g/mol. The largest absolute Gasteiger partial charge is 0.384 e. The molecule has 0 aliphatic carbocycles. The van der Waals surface area contributed by atoms with Crippen LogP contribution in [0.5, 0.6) is 0 Å². The van der Waals surface area contributed by atoms with E-state index in [1.54, 1.807) is 18.6 Å². The van der Waals surface area contributed by atoms with Crippen LogP contribution in [0.1, 0.15) is 5.56 Å². The highest BCUT2D eigenvalue weighted by Crippen LogP contribution is 2.33. The van der Waals surface area contributed by atoms with E-state index in [0.717, 1.165) is 39.8 Å². The number of anilines is 1. The van der Waals surface area contributed by atoms with Crippen molar-refractivity contribution in [3.63, 3.8) is 0 Å². The highest BCUT2D eigenvalue weighted by molar-refractivity contribution is 5.97. The van der Waals surface area contributed by atoms with E-state index in [0.29, 0.717) is 40.5 Å². The Kier molecular flexibility index (Phi) is 6.01. The van der Waals surface area contributed by atoms with Gasteiger partial charge in [0.2, 0.25) is 0 Å². The number of hydrogen-bond donors (Lipinski definition) is 3. The number of fused-ring (bicyclic) bond motifs is 2. The Morgan fingerprint density at radius 2 is 1.87 bits per heavy atom. The lowest BCUT2D eigenvalue weighted by Crippen LogP contribution is -2.20. The van der Waals surface area contributed by atoms with Gasteiger partial charge in [-0.25, -0.2) is 9.37 Å². The summed E-state index contributed by atoms with van der Waals surface area (Å²) >= 11 is 0. The number of likely N-dealkylation sites (N-methyl/N-ethyl adjacent to an activating group) is 1. The number of hydrogen-bond acceptors (Lipinski definition) is 7. The number of halogens is 1. The molecule has 6 rings (SSSR count). The highest BCUT2D eigenvalue weighted by Gasteiger charge is 2.18. The Bertz CT molecular complexity index is 1770. The van der Waals surface area contributed by atoms with Gasteiger partial charge in [0, 0.05) is 53.9 Å². The van der Waals surface area contributed by atoms with Crippen LogP contribution in [-0.2, 0) is 0 Å². The van der Waals surface area contributed by atoms with Gasteiger partial charge in [-0.05, 0) is 63.0 Å². The van der Waals surface area contributed by atoms with Gasteiger partial charge >= 0.3 is 0 Å². The Balaban J connectivity index is 1.41. The molecule has 190 valence electrons. The fourth-order valence-electron chi connectivity index (χ4n) is 4.49. The molecule has 0 bridgehead atoms. The number of benzene rings is 1. The maximum absolute atomic E-state index is 14.6. The number of aromatic nitrogens is 7. The van der Waals surface area contributed by atoms with Crippen molar-refractivity contribution in [1.29, 1.82) is 0 Å². The third kappa shape index (κ3) is 4.46. The Hall–Kier alpha value is -4.70. The molecule has 9 nitrogen and oxygen atoms in total. The summed E-state index contributed by atoms with van der Waals surface area (Å²) < 4.78 is 14.6. The fraction of sp³-hybridized carbons (Fsp3) is 0.179. The molecule has 5 heterocycles. The van der Waals surface area contributed by atoms with Gasteiger partial charge in [0.15, 0.2) is 5.82 Å². The van der Waals surface area contributed by atoms with E-state index in [-0.39, 0.29) is 5.82 Å². The summed E-state index contributed by atoms with van der Waals surface area (Å²) in [5.41, 5.74) is 7.66. The van der Waals surface area contributed by atoms with E-state index in [1.165, 1.54) is 12.1 Å². The SMILES string of the molecule is Cc1ccncc1-c1cc2c(-c3nc4c(-c5cc(F)cc(NCCN(C)C)c5)nccc4[nH]3)n[nH]c2cn1. The lowest BCUT2D eigenvalue weighted by Gasteiger charge is -2.12. The van der Waals surface area contributed by atoms with Crippen LogP contribution in [0.2, 0.25) is 0 Å². The molecule has 38 heavy (non-hydrogen) atoms. The molecule has 0 aliphatic heterocycles. The van der Waals surface area contributed by atoms with Gasteiger partial charge in [-0.1, -0.05) is 0 Å². The fourth-order valence-corrected chi connectivity index (χ4v) is 4.49. The summed E-state index contributed by atoms with van der Waals surface area (Å²) in [6.45, 7) is 3.56. The molecule has 0 radical (unpaired) electrons. The summed E-state index contributed by atoms with van der Waals surface area (Å²) in [6, 6.07) is 10.7. The topological polar surface area (TPSA) is 111 Å². The molecular weight excluding hydrogens is 481 g/mol. The van der Waals surface area contributed by atoms with E-state index >= 15 is 0 Å². The van der Waals surface area contributed by atoms with Gasteiger partial charge in [-0.3, -0.25) is 20.1 Å². The second-order valence-electron chi connectivity index (χ2n) is 9.48. The second kappa shape index (κ2) is 9.64. The smallest absolute Gasteiger partial charge is 0.159 e. The minimum absolute atomic E-state index is 0.339. The zero-order chi connectivity index (χ0) is 26.2. The molecule has 1 aromatic carbocycles. The number of rotatable bonds is 7. The minimum atomic E-state index is -0.339. The van der Waals surface area contributed by atoms with Crippen molar-refractivity contribution in [3.05, 3.63) is 72.6 Å². The number of pyridine rings is 3. The number of H-pyrrole nitrogens is 2. The van der Waals surface area contributed by atoms with Crippen LogP contribution in [0.25, 0.3) is 56.0 Å². The standard InChI is InChI=1S/C28H26FN9/c1-16-4-6-30-14-21(16)23-13-20-24(15-33-23)36-37-26(20)28-34-22-5-7-32-25(27(22)35-28)17-10-18(29)12-19(11-17)31-8-9-38(2)3/h4-7,10-15,31H,8-9H2,1-3H3,(H,34,35)(H,36,37). The Morgan fingerprint density at radius 3 is 2.71 bits per heavy atom. The third-order valence-corrected chi connectivity index (χ3v) is 6.45. The van der Waals surface area contributed by atoms with Crippen molar-refractivity contribution < 1.29 is 4.39 Å². The first-order valence-electron chi connectivity index (χ1n) is 12.3. The quantitative estimate of drug-likeness (QED) is 0.277. The summed E-state index contributed by atoms with van der Waals surface area (Å²) in [5.74, 6) is 0.245. The zero-order valence-electron chi connectivity index (χ0n) is 21.2. The lowest BCUT2D eigenvalue weighted by atomic mass is 10.1. The summed E-state index contributed by atoms with van der Waals surface area (Å²) in [5, 5.41) is 11.7. The molecular formula is C28H26FN9. The van der Waals surface area contributed by atoms with Crippen molar-refractivity contribution in [3.8, 4) is 34.0 Å². The van der Waals surface area contributed by atoms with E-state index in [4.69, 9.17) is 4.98 Å². The van der Waals surface area contributed by atoms with Crippen LogP contribution >= 0.6 is 0 Å². The van der Waals surface area contributed by atoms with Crippen molar-refractivity contribution >= 4 is 27.6 Å². The van der Waals surface area contributed by atoms with Gasteiger partial charge in [-0.2, -0.15) is 5.10 Å². The average Bonchev–Trinajstić information content (AvgIpc) is 3.52. The van der Waals surface area contributed by atoms with Gasteiger partial charge in [-0.15, -0.1) is 0 Å². The number of imidazole rings is 1. The van der Waals surface area contributed by atoms with E-state index < -0.39 is 0 Å². The van der Waals surface area contributed by atoms with Crippen molar-refractivity contribution in [2.24, 2.45) is 0 Å². The van der Waals surface area contributed by atoms with E-state index in [9.17, 15) is 4.39 Å². The van der Waals surface area contributed by atoms with Crippen LogP contribution in [0.3, 0.4) is 0 Å². The normalized spacial score (nSPS) is 11.6. The summed E-state index contributed by atoms with van der Waals surface area (Å²) in [4.78, 5) is 23.7. The molecule has 0 atom stereocenters. The van der Waals surface area contributed by atoms with Gasteiger partial charge < -0.3 is 15.2 Å². The predicted octanol–water partition coefficient (Wildman–Crippen LogP) is 5.05. The van der Waals surface area contributed by atoms with Gasteiger partial charge in [0.25, 0.3) is 0 Å².